The fraction of sp³-hybridized carbons (Fsp3) is 0.964. The number of ether oxygens (including phenoxy) is 11. The fourth-order valence-electron chi connectivity index (χ4n) is 6.24. The maximum Gasteiger partial charge on any atom is 0.308 e. The standard InChI is InChI=1S/C28H48O14/c1-12-22(30)27(35-8)23(31)28(39-12)42-26-15(4)38-21(11-18(26)34-7)41-25-14(3)37-20(10-17(25)33-6)40-24-13(2)36-19(29)9-16(24)32-5/h12-18,20-28,30-31H,9-11H2,1-8H3/t12-,13-,14-,15-,16+,17+,18-,20+,21+,22-,23-,24-,25-,26-,27-,28+/m1/s1. The fourth-order valence-corrected chi connectivity index (χ4v) is 6.24. The van der Waals surface area contributed by atoms with E-state index in [9.17, 15) is 15.0 Å². The van der Waals surface area contributed by atoms with Crippen molar-refractivity contribution in [1.29, 1.82) is 0 Å². The van der Waals surface area contributed by atoms with Gasteiger partial charge in [0.05, 0.1) is 43.0 Å². The molecule has 4 heterocycles. The van der Waals surface area contributed by atoms with Crippen LogP contribution in [-0.4, -0.2) is 143 Å². The quantitative estimate of drug-likeness (QED) is 0.326. The summed E-state index contributed by atoms with van der Waals surface area (Å²) in [4.78, 5) is 11.8. The third kappa shape index (κ3) is 7.44. The minimum atomic E-state index is -1.21. The molecule has 0 aromatic rings. The molecule has 0 saturated carbocycles. The van der Waals surface area contributed by atoms with Gasteiger partial charge in [-0.1, -0.05) is 0 Å². The van der Waals surface area contributed by atoms with E-state index < -0.39 is 92.1 Å². The Morgan fingerprint density at radius 1 is 0.595 bits per heavy atom. The molecular formula is C28H48O14. The van der Waals surface area contributed by atoms with E-state index in [2.05, 4.69) is 0 Å². The van der Waals surface area contributed by atoms with Crippen molar-refractivity contribution in [3.8, 4) is 0 Å². The van der Waals surface area contributed by atoms with Crippen LogP contribution in [0, 0.1) is 0 Å². The molecule has 2 N–H and O–H groups in total. The molecule has 4 rings (SSSR count). The lowest BCUT2D eigenvalue weighted by molar-refractivity contribution is -0.353. The maximum absolute atomic E-state index is 11.8. The molecule has 0 unspecified atom stereocenters. The van der Waals surface area contributed by atoms with E-state index in [1.165, 1.54) is 14.2 Å². The van der Waals surface area contributed by atoms with Crippen LogP contribution in [0.2, 0.25) is 0 Å². The molecule has 244 valence electrons. The van der Waals surface area contributed by atoms with Gasteiger partial charge in [0.25, 0.3) is 0 Å². The average molecular weight is 609 g/mol. The van der Waals surface area contributed by atoms with Crippen LogP contribution >= 0.6 is 0 Å². The summed E-state index contributed by atoms with van der Waals surface area (Å²) in [7, 11) is 6.13. The second-order valence-corrected chi connectivity index (χ2v) is 11.4. The van der Waals surface area contributed by atoms with Crippen molar-refractivity contribution in [2.45, 2.75) is 145 Å². The third-order valence-electron chi connectivity index (χ3n) is 8.63. The summed E-state index contributed by atoms with van der Waals surface area (Å²) in [6, 6.07) is 0. The first-order valence-electron chi connectivity index (χ1n) is 14.6. The summed E-state index contributed by atoms with van der Waals surface area (Å²) in [5.74, 6) is -0.325. The Morgan fingerprint density at radius 2 is 1.10 bits per heavy atom. The molecule has 4 aliphatic rings. The van der Waals surface area contributed by atoms with Gasteiger partial charge >= 0.3 is 5.97 Å². The molecule has 0 aliphatic carbocycles. The molecular weight excluding hydrogens is 560 g/mol. The molecule has 0 bridgehead atoms. The minimum absolute atomic E-state index is 0.107. The van der Waals surface area contributed by atoms with Gasteiger partial charge in [0.15, 0.2) is 18.9 Å². The number of carbonyl (C=O) groups excluding carboxylic acids is 1. The van der Waals surface area contributed by atoms with Crippen molar-refractivity contribution in [1.82, 2.24) is 0 Å². The predicted molar refractivity (Wildman–Crippen MR) is 142 cm³/mol. The normalized spacial score (nSPS) is 48.6. The largest absolute Gasteiger partial charge is 0.460 e. The van der Waals surface area contributed by atoms with Crippen LogP contribution < -0.4 is 0 Å². The van der Waals surface area contributed by atoms with E-state index in [0.29, 0.717) is 12.8 Å². The highest BCUT2D eigenvalue weighted by Gasteiger charge is 2.49. The van der Waals surface area contributed by atoms with Crippen molar-refractivity contribution in [3.63, 3.8) is 0 Å². The Labute approximate surface area is 247 Å². The van der Waals surface area contributed by atoms with Crippen LogP contribution in [-0.2, 0) is 56.9 Å². The van der Waals surface area contributed by atoms with Crippen LogP contribution in [0.3, 0.4) is 0 Å². The first-order chi connectivity index (χ1) is 20.0. The first kappa shape index (κ1) is 33.9. The second-order valence-electron chi connectivity index (χ2n) is 11.4. The molecule has 0 radical (unpaired) electrons. The van der Waals surface area contributed by atoms with Gasteiger partial charge in [0.1, 0.15) is 42.7 Å². The summed E-state index contributed by atoms with van der Waals surface area (Å²) < 4.78 is 64.6. The van der Waals surface area contributed by atoms with Gasteiger partial charge in [-0.2, -0.15) is 0 Å². The molecule has 14 heteroatoms. The number of carbonyl (C=O) groups is 1. The van der Waals surface area contributed by atoms with Gasteiger partial charge in [0.2, 0.25) is 0 Å². The number of cyclic esters (lactones) is 1. The molecule has 0 spiro atoms. The second kappa shape index (κ2) is 14.8. The van der Waals surface area contributed by atoms with Gasteiger partial charge < -0.3 is 62.3 Å². The first-order valence-corrected chi connectivity index (χ1v) is 14.6. The van der Waals surface area contributed by atoms with Crippen molar-refractivity contribution in [2.75, 3.05) is 28.4 Å². The molecule has 16 atom stereocenters. The van der Waals surface area contributed by atoms with Gasteiger partial charge in [-0.15, -0.1) is 0 Å². The lowest BCUT2D eigenvalue weighted by atomic mass is 9.98. The lowest BCUT2D eigenvalue weighted by Crippen LogP contribution is -2.61. The number of methoxy groups -OCH3 is 4. The van der Waals surface area contributed by atoms with Crippen molar-refractivity contribution in [3.05, 3.63) is 0 Å². The summed E-state index contributed by atoms with van der Waals surface area (Å²) in [5, 5.41) is 21.0. The van der Waals surface area contributed by atoms with Crippen LogP contribution in [0.15, 0.2) is 0 Å². The third-order valence-corrected chi connectivity index (χ3v) is 8.63. The van der Waals surface area contributed by atoms with E-state index in [0.717, 1.165) is 0 Å². The Hall–Kier alpha value is -1.01. The Balaban J connectivity index is 1.35. The summed E-state index contributed by atoms with van der Waals surface area (Å²) >= 11 is 0. The van der Waals surface area contributed by atoms with Gasteiger partial charge in [-0.05, 0) is 27.7 Å². The van der Waals surface area contributed by atoms with Gasteiger partial charge in [0, 0.05) is 41.3 Å². The molecule has 42 heavy (non-hydrogen) atoms. The zero-order valence-corrected chi connectivity index (χ0v) is 25.7. The topological polar surface area (TPSA) is 159 Å². The SMILES string of the molecule is CO[C@H]1[C@@H](O)[C@H](O[C@@H]2[C@@H](C)O[C@@H](O[C@H]3[C@@H](OC)C[C@H](O[C@H]4[C@@H](OC)CC(=O)O[C@@H]4C)O[C@@H]3C)C[C@H]2OC)O[C@H](C)[C@H]1O. The Morgan fingerprint density at radius 3 is 1.60 bits per heavy atom. The average Bonchev–Trinajstić information content (AvgIpc) is 2.95. The molecule has 4 fully saturated rings. The molecule has 4 saturated heterocycles. The number of aliphatic hydroxyl groups is 2. The number of aliphatic hydroxyl groups excluding tert-OH is 2. The molecule has 0 amide bonds. The van der Waals surface area contributed by atoms with Crippen LogP contribution in [0.5, 0.6) is 0 Å². The zero-order valence-electron chi connectivity index (χ0n) is 25.7. The van der Waals surface area contributed by atoms with Crippen LogP contribution in [0.4, 0.5) is 0 Å². The van der Waals surface area contributed by atoms with E-state index in [4.69, 9.17) is 52.1 Å². The monoisotopic (exact) mass is 608 g/mol. The van der Waals surface area contributed by atoms with Crippen molar-refractivity contribution >= 4 is 5.97 Å². The van der Waals surface area contributed by atoms with Crippen molar-refractivity contribution < 1.29 is 67.1 Å². The molecule has 0 aromatic carbocycles. The number of hydrogen-bond acceptors (Lipinski definition) is 14. The van der Waals surface area contributed by atoms with Gasteiger partial charge in [-0.3, -0.25) is 4.79 Å². The van der Waals surface area contributed by atoms with E-state index in [1.54, 1.807) is 28.1 Å². The predicted octanol–water partition coefficient (Wildman–Crippen LogP) is 0.274. The van der Waals surface area contributed by atoms with E-state index in [1.807, 2.05) is 13.8 Å². The lowest BCUT2D eigenvalue weighted by Gasteiger charge is -2.47. The minimum Gasteiger partial charge on any atom is -0.460 e. The number of hydrogen-bond donors (Lipinski definition) is 2. The highest BCUT2D eigenvalue weighted by atomic mass is 16.8. The number of esters is 1. The summed E-state index contributed by atoms with van der Waals surface area (Å²) in [6.45, 7) is 7.16. The molecule has 4 aliphatic heterocycles. The summed E-state index contributed by atoms with van der Waals surface area (Å²) in [6.07, 6.45) is -9.41. The van der Waals surface area contributed by atoms with E-state index >= 15 is 0 Å². The zero-order chi connectivity index (χ0) is 30.7. The molecule has 0 aromatic heterocycles. The Kier molecular flexibility index (Phi) is 12.0. The van der Waals surface area contributed by atoms with Crippen molar-refractivity contribution in [2.24, 2.45) is 0 Å². The van der Waals surface area contributed by atoms with Gasteiger partial charge in [-0.25, -0.2) is 0 Å². The smallest absolute Gasteiger partial charge is 0.308 e. The number of rotatable bonds is 10. The highest BCUT2D eigenvalue weighted by Crippen LogP contribution is 2.34. The maximum atomic E-state index is 11.8. The Bertz CT molecular complexity index is 862. The van der Waals surface area contributed by atoms with E-state index in [-0.39, 0.29) is 18.5 Å². The summed E-state index contributed by atoms with van der Waals surface area (Å²) in [5.41, 5.74) is 0. The highest BCUT2D eigenvalue weighted by molar-refractivity contribution is 5.71. The van der Waals surface area contributed by atoms with Crippen LogP contribution in [0.1, 0.15) is 47.0 Å². The molecule has 14 nitrogen and oxygen atoms in total. The van der Waals surface area contributed by atoms with Crippen LogP contribution in [0.25, 0.3) is 0 Å².